The molecular formula is C20H19ClN2O2. The van der Waals surface area contributed by atoms with Gasteiger partial charge in [-0.25, -0.2) is 0 Å². The normalized spacial score (nSPS) is 24.4. The van der Waals surface area contributed by atoms with E-state index in [1.807, 2.05) is 35.2 Å². The van der Waals surface area contributed by atoms with Gasteiger partial charge in [0.25, 0.3) is 11.8 Å². The van der Waals surface area contributed by atoms with Crippen molar-refractivity contribution < 1.29 is 9.59 Å². The van der Waals surface area contributed by atoms with Crippen LogP contribution in [-0.4, -0.2) is 35.3 Å². The highest BCUT2D eigenvalue weighted by Gasteiger charge is 2.47. The summed E-state index contributed by atoms with van der Waals surface area (Å²) in [6, 6.07) is 16.7. The number of amides is 2. The van der Waals surface area contributed by atoms with Crippen molar-refractivity contribution in [3.05, 3.63) is 70.7 Å². The van der Waals surface area contributed by atoms with Gasteiger partial charge < -0.3 is 10.2 Å². The molecule has 2 bridgehead atoms. The molecule has 0 radical (unpaired) electrons. The zero-order valence-corrected chi connectivity index (χ0v) is 14.4. The molecule has 0 aromatic heterocycles. The molecule has 4 rings (SSSR count). The Bertz CT molecular complexity index is 808. The van der Waals surface area contributed by atoms with Crippen molar-refractivity contribution in [1.82, 2.24) is 10.2 Å². The van der Waals surface area contributed by atoms with Gasteiger partial charge in [0, 0.05) is 34.8 Å². The van der Waals surface area contributed by atoms with Crippen LogP contribution in [-0.2, 0) is 0 Å². The van der Waals surface area contributed by atoms with Gasteiger partial charge in [0.15, 0.2) is 0 Å². The van der Waals surface area contributed by atoms with Crippen LogP contribution in [0.15, 0.2) is 54.6 Å². The summed E-state index contributed by atoms with van der Waals surface area (Å²) in [5.41, 5.74) is 1.31. The van der Waals surface area contributed by atoms with Gasteiger partial charge in [-0.3, -0.25) is 9.59 Å². The maximum Gasteiger partial charge on any atom is 0.254 e. The van der Waals surface area contributed by atoms with Gasteiger partial charge in [-0.2, -0.15) is 0 Å². The maximum atomic E-state index is 12.7. The smallest absolute Gasteiger partial charge is 0.254 e. The van der Waals surface area contributed by atoms with Gasteiger partial charge in [-0.05, 0) is 49.1 Å². The van der Waals surface area contributed by atoms with Gasteiger partial charge in [0.2, 0.25) is 0 Å². The van der Waals surface area contributed by atoms with Crippen LogP contribution >= 0.6 is 11.6 Å². The Morgan fingerprint density at radius 3 is 2.44 bits per heavy atom. The molecule has 1 heterocycles. The molecule has 1 aliphatic heterocycles. The average molecular weight is 355 g/mol. The van der Waals surface area contributed by atoms with E-state index in [0.717, 1.165) is 12.8 Å². The van der Waals surface area contributed by atoms with Gasteiger partial charge >= 0.3 is 0 Å². The number of nitrogens with one attached hydrogen (secondary N) is 1. The highest BCUT2D eigenvalue weighted by Crippen LogP contribution is 2.38. The molecule has 4 nitrogen and oxygen atoms in total. The van der Waals surface area contributed by atoms with Gasteiger partial charge in [0.1, 0.15) is 0 Å². The first-order chi connectivity index (χ1) is 12.1. The summed E-state index contributed by atoms with van der Waals surface area (Å²) in [4.78, 5) is 27.0. The third kappa shape index (κ3) is 3.14. The summed E-state index contributed by atoms with van der Waals surface area (Å²) in [7, 11) is 0. The van der Waals surface area contributed by atoms with E-state index in [0.29, 0.717) is 28.6 Å². The second-order valence-electron chi connectivity index (χ2n) is 6.80. The van der Waals surface area contributed by atoms with Crippen molar-refractivity contribution in [2.24, 2.45) is 5.92 Å². The molecule has 0 spiro atoms. The van der Waals surface area contributed by atoms with Crippen LogP contribution in [0.25, 0.3) is 0 Å². The SMILES string of the molecule is O=C(NC1CC2CC1CN2C(=O)c1cccc(Cl)c1)c1ccccc1. The summed E-state index contributed by atoms with van der Waals surface area (Å²) in [5, 5.41) is 3.71. The number of hydrogen-bond acceptors (Lipinski definition) is 2. The molecule has 3 atom stereocenters. The highest BCUT2D eigenvalue weighted by molar-refractivity contribution is 6.30. The van der Waals surface area contributed by atoms with Crippen molar-refractivity contribution in [3.8, 4) is 0 Å². The zero-order valence-electron chi connectivity index (χ0n) is 13.7. The lowest BCUT2D eigenvalue weighted by Crippen LogP contribution is -2.47. The van der Waals surface area contributed by atoms with E-state index in [4.69, 9.17) is 11.6 Å². The summed E-state index contributed by atoms with van der Waals surface area (Å²) in [5.74, 6) is 0.314. The second kappa shape index (κ2) is 6.52. The van der Waals surface area contributed by atoms with Crippen molar-refractivity contribution in [1.29, 1.82) is 0 Å². The van der Waals surface area contributed by atoms with E-state index in [9.17, 15) is 9.59 Å². The fourth-order valence-electron chi connectivity index (χ4n) is 4.01. The Morgan fingerprint density at radius 2 is 1.76 bits per heavy atom. The highest BCUT2D eigenvalue weighted by atomic mass is 35.5. The number of carbonyl (C=O) groups excluding carboxylic acids is 2. The van der Waals surface area contributed by atoms with Gasteiger partial charge in [0.05, 0.1) is 0 Å². The third-order valence-corrected chi connectivity index (χ3v) is 5.46. The number of fused-ring (bicyclic) bond motifs is 2. The summed E-state index contributed by atoms with van der Waals surface area (Å²) >= 11 is 6.00. The molecule has 3 unspecified atom stereocenters. The van der Waals surface area contributed by atoms with Crippen LogP contribution in [0.4, 0.5) is 0 Å². The molecule has 5 heteroatoms. The Balaban J connectivity index is 1.40. The molecule has 2 aromatic carbocycles. The summed E-state index contributed by atoms with van der Waals surface area (Å²) < 4.78 is 0. The first-order valence-corrected chi connectivity index (χ1v) is 8.92. The van der Waals surface area contributed by atoms with E-state index < -0.39 is 0 Å². The molecule has 2 aromatic rings. The standard InChI is InChI=1S/C20H19ClN2O2/c21-16-8-4-7-14(9-16)20(25)23-12-15-10-17(23)11-18(15)22-19(24)13-5-2-1-3-6-13/h1-9,15,17-18H,10-12H2,(H,22,24). The minimum atomic E-state index is -0.0362. The van der Waals surface area contributed by atoms with Crippen molar-refractivity contribution >= 4 is 23.4 Å². The van der Waals surface area contributed by atoms with Gasteiger partial charge in [-0.15, -0.1) is 0 Å². The van der Waals surface area contributed by atoms with E-state index in [-0.39, 0.29) is 23.9 Å². The van der Waals surface area contributed by atoms with Crippen molar-refractivity contribution in [3.63, 3.8) is 0 Å². The Morgan fingerprint density at radius 1 is 1.00 bits per heavy atom. The second-order valence-corrected chi connectivity index (χ2v) is 7.24. The lowest BCUT2D eigenvalue weighted by molar-refractivity contribution is 0.0679. The monoisotopic (exact) mass is 354 g/mol. The first kappa shape index (κ1) is 16.2. The number of carbonyl (C=O) groups is 2. The Kier molecular flexibility index (Phi) is 4.22. The Labute approximate surface area is 151 Å². The predicted octanol–water partition coefficient (Wildman–Crippen LogP) is 3.37. The fourth-order valence-corrected chi connectivity index (χ4v) is 4.20. The van der Waals surface area contributed by atoms with Crippen LogP contribution in [0.1, 0.15) is 33.6 Å². The van der Waals surface area contributed by atoms with E-state index >= 15 is 0 Å². The third-order valence-electron chi connectivity index (χ3n) is 5.23. The van der Waals surface area contributed by atoms with Crippen LogP contribution in [0.3, 0.4) is 0 Å². The molecule has 1 saturated carbocycles. The fraction of sp³-hybridized carbons (Fsp3) is 0.300. The molecule has 128 valence electrons. The number of nitrogens with zero attached hydrogens (tertiary/aromatic N) is 1. The molecule has 2 aliphatic rings. The predicted molar refractivity (Wildman–Crippen MR) is 96.7 cm³/mol. The van der Waals surface area contributed by atoms with Crippen LogP contribution < -0.4 is 5.32 Å². The zero-order chi connectivity index (χ0) is 17.4. The van der Waals surface area contributed by atoms with Crippen LogP contribution in [0, 0.1) is 5.92 Å². The summed E-state index contributed by atoms with van der Waals surface area (Å²) in [6.45, 7) is 0.690. The maximum absolute atomic E-state index is 12.7. The van der Waals surface area contributed by atoms with Crippen molar-refractivity contribution in [2.45, 2.75) is 24.9 Å². The molecule has 1 saturated heterocycles. The van der Waals surface area contributed by atoms with Gasteiger partial charge in [-0.1, -0.05) is 35.9 Å². The number of hydrogen-bond donors (Lipinski definition) is 1. The average Bonchev–Trinajstić information content (AvgIpc) is 3.22. The molecule has 25 heavy (non-hydrogen) atoms. The van der Waals surface area contributed by atoms with E-state index in [1.54, 1.807) is 24.3 Å². The molecule has 2 amide bonds. The minimum absolute atomic E-state index is 0.0304. The number of benzene rings is 2. The molecule has 1 aliphatic carbocycles. The van der Waals surface area contributed by atoms with E-state index in [1.165, 1.54) is 0 Å². The summed E-state index contributed by atoms with van der Waals surface area (Å²) in [6.07, 6.45) is 1.77. The molecule has 2 fully saturated rings. The lowest BCUT2D eigenvalue weighted by Gasteiger charge is -2.32. The molecular weight excluding hydrogens is 336 g/mol. The topological polar surface area (TPSA) is 49.4 Å². The van der Waals surface area contributed by atoms with Crippen LogP contribution in [0.5, 0.6) is 0 Å². The van der Waals surface area contributed by atoms with E-state index in [2.05, 4.69) is 5.32 Å². The lowest BCUT2D eigenvalue weighted by atomic mass is 10.0. The quantitative estimate of drug-likeness (QED) is 0.918. The number of halogens is 1. The number of piperidine rings is 1. The Hall–Kier alpha value is -2.33. The number of likely N-dealkylation sites (tertiary alicyclic amines) is 1. The molecule has 1 N–H and O–H groups in total. The largest absolute Gasteiger partial charge is 0.349 e. The van der Waals surface area contributed by atoms with Crippen molar-refractivity contribution in [2.75, 3.05) is 6.54 Å². The van der Waals surface area contributed by atoms with Crippen LogP contribution in [0.2, 0.25) is 5.02 Å². The minimum Gasteiger partial charge on any atom is -0.349 e. The number of rotatable bonds is 3. The first-order valence-electron chi connectivity index (χ1n) is 8.54.